The standard InChI is InChI=1S/C10H11NO2/c1-7-2-4-8(5-3-7)10-11-6-9(12)13-10/h2-5,10-11H,6H2,1H3. The molecule has 1 heterocycles. The lowest BCUT2D eigenvalue weighted by atomic mass is 10.1. The molecule has 1 unspecified atom stereocenters. The molecule has 0 radical (unpaired) electrons. The molecule has 1 aromatic carbocycles. The molecule has 1 aliphatic rings. The molecule has 2 rings (SSSR count). The third-order valence-electron chi connectivity index (χ3n) is 2.06. The first kappa shape index (κ1) is 8.26. The van der Waals surface area contributed by atoms with Crippen LogP contribution in [0.5, 0.6) is 0 Å². The average Bonchev–Trinajstić information content (AvgIpc) is 2.53. The van der Waals surface area contributed by atoms with E-state index >= 15 is 0 Å². The monoisotopic (exact) mass is 177 g/mol. The lowest BCUT2D eigenvalue weighted by Gasteiger charge is -2.09. The van der Waals surface area contributed by atoms with Gasteiger partial charge in [-0.1, -0.05) is 29.8 Å². The number of hydrogen-bond donors (Lipinski definition) is 1. The summed E-state index contributed by atoms with van der Waals surface area (Å²) in [6, 6.07) is 7.93. The predicted molar refractivity (Wildman–Crippen MR) is 48.0 cm³/mol. The molecule has 3 heteroatoms. The first-order valence-corrected chi connectivity index (χ1v) is 4.25. The van der Waals surface area contributed by atoms with Crippen LogP contribution in [0.4, 0.5) is 0 Å². The number of carbonyl (C=O) groups is 1. The van der Waals surface area contributed by atoms with E-state index in [-0.39, 0.29) is 12.2 Å². The van der Waals surface area contributed by atoms with Crippen molar-refractivity contribution in [3.05, 3.63) is 35.4 Å². The molecule has 0 amide bonds. The fourth-order valence-electron chi connectivity index (χ4n) is 1.32. The highest BCUT2D eigenvalue weighted by Gasteiger charge is 2.23. The van der Waals surface area contributed by atoms with Crippen LogP contribution in [-0.2, 0) is 9.53 Å². The smallest absolute Gasteiger partial charge is 0.321 e. The van der Waals surface area contributed by atoms with E-state index < -0.39 is 0 Å². The lowest BCUT2D eigenvalue weighted by molar-refractivity contribution is -0.140. The number of benzene rings is 1. The van der Waals surface area contributed by atoms with Gasteiger partial charge < -0.3 is 4.74 Å². The molecule has 68 valence electrons. The van der Waals surface area contributed by atoms with E-state index in [1.165, 1.54) is 5.56 Å². The minimum absolute atomic E-state index is 0.189. The molecule has 0 saturated carbocycles. The number of nitrogens with one attached hydrogen (secondary N) is 1. The summed E-state index contributed by atoms with van der Waals surface area (Å²) in [6.45, 7) is 2.33. The van der Waals surface area contributed by atoms with E-state index in [2.05, 4.69) is 5.32 Å². The van der Waals surface area contributed by atoms with Crippen LogP contribution in [0, 0.1) is 6.92 Å². The van der Waals surface area contributed by atoms with Crippen LogP contribution in [-0.4, -0.2) is 12.5 Å². The summed E-state index contributed by atoms with van der Waals surface area (Å²) in [7, 11) is 0. The highest BCUT2D eigenvalue weighted by molar-refractivity contribution is 5.73. The van der Waals surface area contributed by atoms with Crippen molar-refractivity contribution >= 4 is 5.97 Å². The van der Waals surface area contributed by atoms with E-state index in [0.717, 1.165) is 5.56 Å². The van der Waals surface area contributed by atoms with Gasteiger partial charge in [0.25, 0.3) is 0 Å². The van der Waals surface area contributed by atoms with Crippen molar-refractivity contribution < 1.29 is 9.53 Å². The molecule has 1 aliphatic heterocycles. The van der Waals surface area contributed by atoms with Crippen molar-refractivity contribution in [3.63, 3.8) is 0 Å². The van der Waals surface area contributed by atoms with E-state index in [1.807, 2.05) is 31.2 Å². The zero-order valence-corrected chi connectivity index (χ0v) is 7.41. The van der Waals surface area contributed by atoms with Gasteiger partial charge in [-0.25, -0.2) is 0 Å². The van der Waals surface area contributed by atoms with Crippen LogP contribution in [0.25, 0.3) is 0 Å². The molecule has 1 aromatic rings. The van der Waals surface area contributed by atoms with Gasteiger partial charge in [-0.05, 0) is 6.92 Å². The number of aryl methyl sites for hydroxylation is 1. The van der Waals surface area contributed by atoms with Crippen molar-refractivity contribution in [2.24, 2.45) is 0 Å². The molecule has 1 fully saturated rings. The van der Waals surface area contributed by atoms with Gasteiger partial charge in [0.05, 0.1) is 6.54 Å². The molecule has 13 heavy (non-hydrogen) atoms. The molecule has 1 saturated heterocycles. The van der Waals surface area contributed by atoms with Crippen LogP contribution >= 0.6 is 0 Å². The second kappa shape index (κ2) is 3.18. The minimum atomic E-state index is -0.256. The number of hydrogen-bond acceptors (Lipinski definition) is 3. The third-order valence-corrected chi connectivity index (χ3v) is 2.06. The summed E-state index contributed by atoms with van der Waals surface area (Å²) in [5.74, 6) is -0.189. The summed E-state index contributed by atoms with van der Waals surface area (Å²) in [4.78, 5) is 10.8. The highest BCUT2D eigenvalue weighted by Crippen LogP contribution is 2.18. The van der Waals surface area contributed by atoms with E-state index in [4.69, 9.17) is 4.74 Å². The van der Waals surface area contributed by atoms with Crippen molar-refractivity contribution in [2.75, 3.05) is 6.54 Å². The molecule has 0 spiro atoms. The molecule has 0 aliphatic carbocycles. The van der Waals surface area contributed by atoms with Crippen molar-refractivity contribution in [3.8, 4) is 0 Å². The maximum absolute atomic E-state index is 10.8. The average molecular weight is 177 g/mol. The zero-order chi connectivity index (χ0) is 9.26. The highest BCUT2D eigenvalue weighted by atomic mass is 16.6. The van der Waals surface area contributed by atoms with Gasteiger partial charge in [-0.2, -0.15) is 0 Å². The predicted octanol–water partition coefficient (Wildman–Crippen LogP) is 1.14. The van der Waals surface area contributed by atoms with Gasteiger partial charge in [0.15, 0.2) is 6.23 Å². The largest absolute Gasteiger partial charge is 0.441 e. The molecule has 1 atom stereocenters. The van der Waals surface area contributed by atoms with Crippen LogP contribution in [0.2, 0.25) is 0 Å². The van der Waals surface area contributed by atoms with Gasteiger partial charge in [0.2, 0.25) is 0 Å². The Kier molecular flexibility index (Phi) is 2.02. The Bertz CT molecular complexity index is 318. The topological polar surface area (TPSA) is 38.3 Å². The van der Waals surface area contributed by atoms with Crippen molar-refractivity contribution in [1.82, 2.24) is 5.32 Å². The maximum atomic E-state index is 10.8. The fourth-order valence-corrected chi connectivity index (χ4v) is 1.32. The van der Waals surface area contributed by atoms with Gasteiger partial charge in [-0.15, -0.1) is 0 Å². The van der Waals surface area contributed by atoms with E-state index in [1.54, 1.807) is 0 Å². The van der Waals surface area contributed by atoms with Crippen molar-refractivity contribution in [2.45, 2.75) is 13.2 Å². The Hall–Kier alpha value is -1.35. The second-order valence-electron chi connectivity index (χ2n) is 3.16. The summed E-state index contributed by atoms with van der Waals surface area (Å²) >= 11 is 0. The molecular weight excluding hydrogens is 166 g/mol. The van der Waals surface area contributed by atoms with Crippen LogP contribution in [0.1, 0.15) is 17.4 Å². The SMILES string of the molecule is Cc1ccc(C2NCC(=O)O2)cc1. The Morgan fingerprint density at radius 2 is 2.08 bits per heavy atom. The summed E-state index contributed by atoms with van der Waals surface area (Å²) in [6.07, 6.45) is -0.256. The van der Waals surface area contributed by atoms with E-state index in [0.29, 0.717) is 6.54 Å². The van der Waals surface area contributed by atoms with Gasteiger partial charge >= 0.3 is 5.97 Å². The quantitative estimate of drug-likeness (QED) is 0.654. The first-order valence-electron chi connectivity index (χ1n) is 4.25. The summed E-state index contributed by atoms with van der Waals surface area (Å²) < 4.78 is 5.04. The number of ether oxygens (including phenoxy) is 1. The Balaban J connectivity index is 2.17. The second-order valence-corrected chi connectivity index (χ2v) is 3.16. The molecule has 3 nitrogen and oxygen atoms in total. The minimum Gasteiger partial charge on any atom is -0.441 e. The Morgan fingerprint density at radius 1 is 1.38 bits per heavy atom. The maximum Gasteiger partial charge on any atom is 0.321 e. The van der Waals surface area contributed by atoms with E-state index in [9.17, 15) is 4.79 Å². The van der Waals surface area contributed by atoms with Gasteiger partial charge in [0, 0.05) is 5.56 Å². The Morgan fingerprint density at radius 3 is 2.62 bits per heavy atom. The summed E-state index contributed by atoms with van der Waals surface area (Å²) in [5.41, 5.74) is 2.20. The van der Waals surface area contributed by atoms with Crippen molar-refractivity contribution in [1.29, 1.82) is 0 Å². The fraction of sp³-hybridized carbons (Fsp3) is 0.300. The van der Waals surface area contributed by atoms with Crippen LogP contribution in [0.3, 0.4) is 0 Å². The molecular formula is C10H11NO2. The van der Waals surface area contributed by atoms with Crippen LogP contribution in [0.15, 0.2) is 24.3 Å². The lowest BCUT2D eigenvalue weighted by Crippen LogP contribution is -2.13. The number of cyclic esters (lactones) is 1. The molecule has 1 N–H and O–H groups in total. The van der Waals surface area contributed by atoms with Crippen LogP contribution < -0.4 is 5.32 Å². The summed E-state index contributed by atoms with van der Waals surface area (Å²) in [5, 5.41) is 2.97. The first-order chi connectivity index (χ1) is 6.25. The number of esters is 1. The Labute approximate surface area is 76.7 Å². The molecule has 0 bridgehead atoms. The van der Waals surface area contributed by atoms with Gasteiger partial charge in [0.1, 0.15) is 0 Å². The molecule has 0 aromatic heterocycles. The number of rotatable bonds is 1. The number of carbonyl (C=O) groups excluding carboxylic acids is 1. The normalized spacial score (nSPS) is 21.6. The third kappa shape index (κ3) is 1.70. The zero-order valence-electron chi connectivity index (χ0n) is 7.41. The van der Waals surface area contributed by atoms with Gasteiger partial charge in [-0.3, -0.25) is 10.1 Å².